The summed E-state index contributed by atoms with van der Waals surface area (Å²) in [7, 11) is 0. The molecule has 0 amide bonds. The number of allylic oxidation sites excluding steroid dienone is 3. The minimum absolute atomic E-state index is 0.341. The largest absolute Gasteiger partial charge is 0.295 e. The van der Waals surface area contributed by atoms with Crippen molar-refractivity contribution in [1.82, 2.24) is 0 Å². The zero-order valence-corrected chi connectivity index (χ0v) is 9.59. The predicted octanol–water partition coefficient (Wildman–Crippen LogP) is 3.66. The Morgan fingerprint density at radius 1 is 1.60 bits per heavy atom. The van der Waals surface area contributed by atoms with Gasteiger partial charge in [-0.1, -0.05) is 18.6 Å². The highest BCUT2D eigenvalue weighted by atomic mass is 16.1. The molecule has 0 aromatic heterocycles. The van der Waals surface area contributed by atoms with Gasteiger partial charge in [-0.05, 0) is 49.5 Å². The van der Waals surface area contributed by atoms with Gasteiger partial charge in [0.05, 0.1) is 0 Å². The fourth-order valence-electron chi connectivity index (χ4n) is 3.34. The fourth-order valence-corrected chi connectivity index (χ4v) is 3.34. The van der Waals surface area contributed by atoms with Crippen molar-refractivity contribution in [1.29, 1.82) is 0 Å². The summed E-state index contributed by atoms with van der Waals surface area (Å²) >= 11 is 0. The van der Waals surface area contributed by atoms with Crippen molar-refractivity contribution < 1.29 is 4.79 Å². The smallest absolute Gasteiger partial charge is 0.155 e. The maximum Gasteiger partial charge on any atom is 0.155 e. The van der Waals surface area contributed by atoms with Crippen LogP contribution < -0.4 is 0 Å². The number of hydrogen-bond donors (Lipinski definition) is 0. The van der Waals surface area contributed by atoms with Gasteiger partial charge in [0, 0.05) is 6.42 Å². The summed E-state index contributed by atoms with van der Waals surface area (Å²) in [6.45, 7) is 6.16. The van der Waals surface area contributed by atoms with Crippen molar-refractivity contribution in [3.63, 3.8) is 0 Å². The van der Waals surface area contributed by atoms with E-state index in [1.165, 1.54) is 18.4 Å². The summed E-state index contributed by atoms with van der Waals surface area (Å²) in [6.07, 6.45) is 10.5. The van der Waals surface area contributed by atoms with Crippen LogP contribution in [0.25, 0.3) is 0 Å². The average molecular weight is 204 g/mol. The Labute approximate surface area is 92.3 Å². The molecular weight excluding hydrogens is 184 g/mol. The van der Waals surface area contributed by atoms with Gasteiger partial charge in [0.15, 0.2) is 5.78 Å². The van der Waals surface area contributed by atoms with Crippen LogP contribution in [0.5, 0.6) is 0 Å². The van der Waals surface area contributed by atoms with E-state index < -0.39 is 0 Å². The van der Waals surface area contributed by atoms with Crippen LogP contribution in [0.4, 0.5) is 0 Å². The Balaban J connectivity index is 2.27. The molecule has 0 N–H and O–H groups in total. The van der Waals surface area contributed by atoms with Gasteiger partial charge in [0.2, 0.25) is 0 Å². The summed E-state index contributed by atoms with van der Waals surface area (Å²) < 4.78 is 0. The highest BCUT2D eigenvalue weighted by Gasteiger charge is 2.45. The van der Waals surface area contributed by atoms with Gasteiger partial charge in [-0.25, -0.2) is 0 Å². The van der Waals surface area contributed by atoms with Gasteiger partial charge in [0.1, 0.15) is 0 Å². The van der Waals surface area contributed by atoms with Crippen LogP contribution in [0.3, 0.4) is 0 Å². The molecule has 2 aliphatic rings. The first-order valence-electron chi connectivity index (χ1n) is 6.04. The standard InChI is InChI=1S/C14H20O/c1-3-4-8-14-9-7-13(15)10-12(14)6-5-11(14)2/h3,10-11H,1,4-9H2,2H3/t11-,14+/m1/s1. The van der Waals surface area contributed by atoms with Crippen molar-refractivity contribution in [3.05, 3.63) is 24.3 Å². The van der Waals surface area contributed by atoms with Crippen LogP contribution in [0.2, 0.25) is 0 Å². The maximum atomic E-state index is 11.4. The van der Waals surface area contributed by atoms with E-state index in [0.717, 1.165) is 31.6 Å². The SMILES string of the molecule is C=CCC[C@@]12CCC(=O)C=C1CC[C@H]2C. The highest BCUT2D eigenvalue weighted by molar-refractivity contribution is 5.91. The monoisotopic (exact) mass is 204 g/mol. The third kappa shape index (κ3) is 1.68. The van der Waals surface area contributed by atoms with E-state index in [0.29, 0.717) is 11.2 Å². The molecule has 15 heavy (non-hydrogen) atoms. The minimum Gasteiger partial charge on any atom is -0.295 e. The second kappa shape index (κ2) is 3.96. The van der Waals surface area contributed by atoms with E-state index in [2.05, 4.69) is 13.5 Å². The van der Waals surface area contributed by atoms with Gasteiger partial charge >= 0.3 is 0 Å². The second-order valence-electron chi connectivity index (χ2n) is 5.06. The van der Waals surface area contributed by atoms with E-state index >= 15 is 0 Å². The molecule has 0 bridgehead atoms. The van der Waals surface area contributed by atoms with Gasteiger partial charge in [-0.15, -0.1) is 6.58 Å². The summed E-state index contributed by atoms with van der Waals surface area (Å²) in [5.74, 6) is 1.09. The number of carbonyl (C=O) groups excluding carboxylic acids is 1. The Morgan fingerprint density at radius 2 is 2.40 bits per heavy atom. The molecule has 0 aromatic carbocycles. The molecule has 0 heterocycles. The second-order valence-corrected chi connectivity index (χ2v) is 5.06. The Morgan fingerprint density at radius 3 is 3.13 bits per heavy atom. The van der Waals surface area contributed by atoms with Crippen molar-refractivity contribution in [2.75, 3.05) is 0 Å². The number of ketones is 1. The summed E-state index contributed by atoms with van der Waals surface area (Å²) in [5, 5.41) is 0. The summed E-state index contributed by atoms with van der Waals surface area (Å²) in [4.78, 5) is 11.4. The van der Waals surface area contributed by atoms with Gasteiger partial charge in [-0.2, -0.15) is 0 Å². The molecule has 1 saturated carbocycles. The first-order valence-corrected chi connectivity index (χ1v) is 6.04. The molecule has 82 valence electrons. The molecule has 0 aliphatic heterocycles. The zero-order valence-electron chi connectivity index (χ0n) is 9.59. The first-order chi connectivity index (χ1) is 7.19. The van der Waals surface area contributed by atoms with E-state index in [4.69, 9.17) is 0 Å². The molecule has 0 saturated heterocycles. The highest BCUT2D eigenvalue weighted by Crippen LogP contribution is 2.55. The molecule has 2 atom stereocenters. The van der Waals surface area contributed by atoms with Crippen LogP contribution >= 0.6 is 0 Å². The fraction of sp³-hybridized carbons (Fsp3) is 0.643. The molecule has 1 nitrogen and oxygen atoms in total. The minimum atomic E-state index is 0.341. The Bertz CT molecular complexity index is 313. The third-order valence-corrected chi connectivity index (χ3v) is 4.38. The first kappa shape index (κ1) is 10.7. The zero-order chi connectivity index (χ0) is 10.9. The third-order valence-electron chi connectivity index (χ3n) is 4.38. The lowest BCUT2D eigenvalue weighted by atomic mass is 9.66. The molecule has 0 unspecified atom stereocenters. The van der Waals surface area contributed by atoms with E-state index in [9.17, 15) is 4.79 Å². The molecule has 2 rings (SSSR count). The molecule has 2 aliphatic carbocycles. The van der Waals surface area contributed by atoms with Crippen LogP contribution in [0.1, 0.15) is 45.4 Å². The van der Waals surface area contributed by atoms with E-state index in [-0.39, 0.29) is 0 Å². The molecule has 0 aromatic rings. The van der Waals surface area contributed by atoms with Crippen LogP contribution in [0.15, 0.2) is 24.3 Å². The predicted molar refractivity (Wildman–Crippen MR) is 62.6 cm³/mol. The number of fused-ring (bicyclic) bond motifs is 1. The molecule has 0 radical (unpaired) electrons. The summed E-state index contributed by atoms with van der Waals surface area (Å²) in [6, 6.07) is 0. The lowest BCUT2D eigenvalue weighted by Gasteiger charge is -2.37. The lowest BCUT2D eigenvalue weighted by molar-refractivity contribution is -0.115. The quantitative estimate of drug-likeness (QED) is 0.641. The van der Waals surface area contributed by atoms with E-state index in [1.807, 2.05) is 12.2 Å². The maximum absolute atomic E-state index is 11.4. The number of rotatable bonds is 3. The lowest BCUT2D eigenvalue weighted by Crippen LogP contribution is -2.29. The Hall–Kier alpha value is -0.850. The molecule has 1 fully saturated rings. The normalized spacial score (nSPS) is 34.9. The van der Waals surface area contributed by atoms with Gasteiger partial charge in [0.25, 0.3) is 0 Å². The topological polar surface area (TPSA) is 17.1 Å². The van der Waals surface area contributed by atoms with E-state index in [1.54, 1.807) is 0 Å². The van der Waals surface area contributed by atoms with Gasteiger partial charge in [-0.3, -0.25) is 4.79 Å². The van der Waals surface area contributed by atoms with Crippen molar-refractivity contribution in [2.45, 2.75) is 45.4 Å². The Kier molecular flexibility index (Phi) is 2.81. The van der Waals surface area contributed by atoms with Crippen molar-refractivity contribution >= 4 is 5.78 Å². The van der Waals surface area contributed by atoms with Crippen LogP contribution in [0, 0.1) is 11.3 Å². The van der Waals surface area contributed by atoms with Crippen LogP contribution in [-0.4, -0.2) is 5.78 Å². The van der Waals surface area contributed by atoms with Gasteiger partial charge < -0.3 is 0 Å². The molecule has 0 spiro atoms. The summed E-state index contributed by atoms with van der Waals surface area (Å²) in [5.41, 5.74) is 1.79. The molecular formula is C14H20O. The van der Waals surface area contributed by atoms with Crippen molar-refractivity contribution in [2.24, 2.45) is 11.3 Å². The average Bonchev–Trinajstić information content (AvgIpc) is 2.54. The van der Waals surface area contributed by atoms with Crippen molar-refractivity contribution in [3.8, 4) is 0 Å². The van der Waals surface area contributed by atoms with Crippen LogP contribution in [-0.2, 0) is 4.79 Å². The number of carbonyl (C=O) groups is 1. The number of hydrogen-bond acceptors (Lipinski definition) is 1. The molecule has 1 heteroatoms.